The smallest absolute Gasteiger partial charge is 0.142 e. The molecule has 0 bridgehead atoms. The topological polar surface area (TPSA) is 29.9 Å². The Hall–Kier alpha value is -1.39. The van der Waals surface area contributed by atoms with Gasteiger partial charge in [-0.05, 0) is 37.1 Å². The van der Waals surface area contributed by atoms with E-state index in [1.807, 2.05) is 30.8 Å². The Balaban J connectivity index is 2.14. The lowest BCUT2D eigenvalue weighted by atomic mass is 10.0. The van der Waals surface area contributed by atoms with E-state index in [1.54, 1.807) is 12.3 Å². The number of aryl methyl sites for hydroxylation is 2. The Kier molecular flexibility index (Phi) is 5.15. The summed E-state index contributed by atoms with van der Waals surface area (Å²) in [5.41, 5.74) is 1.97. The quantitative estimate of drug-likeness (QED) is 0.884. The van der Waals surface area contributed by atoms with E-state index >= 15 is 0 Å². The van der Waals surface area contributed by atoms with Gasteiger partial charge in [-0.1, -0.05) is 30.7 Å². The molecule has 20 heavy (non-hydrogen) atoms. The molecule has 0 amide bonds. The summed E-state index contributed by atoms with van der Waals surface area (Å²) >= 11 is 6.08. The van der Waals surface area contributed by atoms with Crippen molar-refractivity contribution in [3.8, 4) is 0 Å². The molecule has 0 spiro atoms. The minimum Gasteiger partial charge on any atom is -0.310 e. The van der Waals surface area contributed by atoms with Crippen LogP contribution in [0.2, 0.25) is 5.02 Å². The number of halogens is 2. The van der Waals surface area contributed by atoms with Crippen LogP contribution in [-0.4, -0.2) is 16.3 Å². The Bertz CT molecular complexity index is 568. The number of nitrogens with one attached hydrogen (secondary N) is 1. The minimum atomic E-state index is -0.368. The summed E-state index contributed by atoms with van der Waals surface area (Å²) in [7, 11) is 1.92. The predicted octanol–water partition coefficient (Wildman–Crippen LogP) is 3.50. The van der Waals surface area contributed by atoms with Gasteiger partial charge >= 0.3 is 0 Å². The molecule has 3 nitrogen and oxygen atoms in total. The van der Waals surface area contributed by atoms with Crippen LogP contribution >= 0.6 is 11.6 Å². The largest absolute Gasteiger partial charge is 0.310 e. The maximum atomic E-state index is 13.6. The molecule has 0 aliphatic rings. The van der Waals surface area contributed by atoms with E-state index in [0.717, 1.165) is 30.6 Å². The van der Waals surface area contributed by atoms with Crippen molar-refractivity contribution in [2.24, 2.45) is 7.05 Å². The highest BCUT2D eigenvalue weighted by Crippen LogP contribution is 2.28. The fraction of sp³-hybridized carbons (Fsp3) is 0.400. The summed E-state index contributed by atoms with van der Waals surface area (Å²) in [5, 5.41) is 7.73. The van der Waals surface area contributed by atoms with Gasteiger partial charge in [-0.2, -0.15) is 5.10 Å². The Morgan fingerprint density at radius 3 is 2.85 bits per heavy atom. The van der Waals surface area contributed by atoms with Crippen LogP contribution in [0.1, 0.15) is 30.6 Å². The number of nitrogens with zero attached hydrogens (tertiary/aromatic N) is 2. The highest BCUT2D eigenvalue weighted by Gasteiger charge is 2.16. The standard InChI is InChI=1S/C15H19ClFN3/c1-3-18-14(8-7-11-9-10-19-20(11)2)12-5-4-6-13(17)15(12)16/h4-6,9-10,14,18H,3,7-8H2,1-2H3. The van der Waals surface area contributed by atoms with Crippen molar-refractivity contribution in [2.45, 2.75) is 25.8 Å². The van der Waals surface area contributed by atoms with Gasteiger partial charge in [0.15, 0.2) is 0 Å². The van der Waals surface area contributed by atoms with Crippen LogP contribution in [0.5, 0.6) is 0 Å². The molecule has 1 aromatic carbocycles. The maximum absolute atomic E-state index is 13.6. The van der Waals surface area contributed by atoms with E-state index in [2.05, 4.69) is 10.4 Å². The molecule has 0 radical (unpaired) electrons. The first-order valence-corrected chi connectivity index (χ1v) is 7.15. The number of hydrogen-bond donors (Lipinski definition) is 1. The Labute approximate surface area is 123 Å². The highest BCUT2D eigenvalue weighted by molar-refractivity contribution is 6.31. The molecule has 0 saturated carbocycles. The lowest BCUT2D eigenvalue weighted by Gasteiger charge is -2.20. The van der Waals surface area contributed by atoms with Gasteiger partial charge in [0.1, 0.15) is 5.82 Å². The van der Waals surface area contributed by atoms with E-state index in [4.69, 9.17) is 11.6 Å². The summed E-state index contributed by atoms with van der Waals surface area (Å²) in [6.45, 7) is 2.84. The molecule has 0 fully saturated rings. The van der Waals surface area contributed by atoms with Crippen molar-refractivity contribution in [3.05, 3.63) is 52.6 Å². The molecule has 5 heteroatoms. The monoisotopic (exact) mass is 295 g/mol. The molecular weight excluding hydrogens is 277 g/mol. The van der Waals surface area contributed by atoms with Crippen LogP contribution in [-0.2, 0) is 13.5 Å². The van der Waals surface area contributed by atoms with Crippen molar-refractivity contribution in [1.82, 2.24) is 15.1 Å². The van der Waals surface area contributed by atoms with Crippen LogP contribution in [0.3, 0.4) is 0 Å². The molecule has 1 aromatic heterocycles. The van der Waals surface area contributed by atoms with Crippen molar-refractivity contribution >= 4 is 11.6 Å². The van der Waals surface area contributed by atoms with Gasteiger partial charge in [0.25, 0.3) is 0 Å². The Morgan fingerprint density at radius 2 is 2.20 bits per heavy atom. The summed E-state index contributed by atoms with van der Waals surface area (Å²) < 4.78 is 15.4. The molecular formula is C15H19ClFN3. The van der Waals surface area contributed by atoms with Crippen molar-refractivity contribution in [2.75, 3.05) is 6.54 Å². The van der Waals surface area contributed by atoms with Gasteiger partial charge in [0.05, 0.1) is 5.02 Å². The third-order valence-electron chi connectivity index (χ3n) is 3.42. The van der Waals surface area contributed by atoms with Gasteiger partial charge in [-0.15, -0.1) is 0 Å². The summed E-state index contributed by atoms with van der Waals surface area (Å²) in [5.74, 6) is -0.368. The van der Waals surface area contributed by atoms with Crippen LogP contribution in [0.15, 0.2) is 30.5 Å². The van der Waals surface area contributed by atoms with E-state index in [-0.39, 0.29) is 16.9 Å². The van der Waals surface area contributed by atoms with Crippen molar-refractivity contribution in [1.29, 1.82) is 0 Å². The lowest BCUT2D eigenvalue weighted by Crippen LogP contribution is -2.22. The molecule has 0 saturated heterocycles. The zero-order chi connectivity index (χ0) is 14.5. The first-order chi connectivity index (χ1) is 9.63. The molecule has 1 N–H and O–H groups in total. The van der Waals surface area contributed by atoms with E-state index in [1.165, 1.54) is 6.07 Å². The van der Waals surface area contributed by atoms with Gasteiger partial charge in [-0.25, -0.2) is 4.39 Å². The number of hydrogen-bond acceptors (Lipinski definition) is 2. The van der Waals surface area contributed by atoms with Crippen LogP contribution < -0.4 is 5.32 Å². The second kappa shape index (κ2) is 6.86. The minimum absolute atomic E-state index is 0.0399. The molecule has 2 aromatic rings. The summed E-state index contributed by atoms with van der Waals surface area (Å²) in [6, 6.07) is 7.00. The van der Waals surface area contributed by atoms with E-state index in [9.17, 15) is 4.39 Å². The molecule has 2 rings (SSSR count). The number of aromatic nitrogens is 2. The van der Waals surface area contributed by atoms with Crippen LogP contribution in [0.4, 0.5) is 4.39 Å². The molecule has 1 atom stereocenters. The fourth-order valence-electron chi connectivity index (χ4n) is 2.34. The molecule has 108 valence electrons. The number of rotatable bonds is 6. The summed E-state index contributed by atoms with van der Waals surface area (Å²) in [4.78, 5) is 0. The highest BCUT2D eigenvalue weighted by atomic mass is 35.5. The second-order valence-corrected chi connectivity index (χ2v) is 5.12. The Morgan fingerprint density at radius 1 is 1.40 bits per heavy atom. The number of benzene rings is 1. The predicted molar refractivity (Wildman–Crippen MR) is 79.4 cm³/mol. The average Bonchev–Trinajstić information content (AvgIpc) is 2.84. The van der Waals surface area contributed by atoms with E-state index < -0.39 is 0 Å². The van der Waals surface area contributed by atoms with Crippen molar-refractivity contribution < 1.29 is 4.39 Å². The van der Waals surface area contributed by atoms with Gasteiger partial charge < -0.3 is 5.32 Å². The zero-order valence-electron chi connectivity index (χ0n) is 11.7. The average molecular weight is 296 g/mol. The molecule has 1 unspecified atom stereocenters. The lowest BCUT2D eigenvalue weighted by molar-refractivity contribution is 0.502. The molecule has 0 aliphatic heterocycles. The normalized spacial score (nSPS) is 12.6. The zero-order valence-corrected chi connectivity index (χ0v) is 12.5. The summed E-state index contributed by atoms with van der Waals surface area (Å²) in [6.07, 6.45) is 3.49. The second-order valence-electron chi connectivity index (χ2n) is 4.74. The first-order valence-electron chi connectivity index (χ1n) is 6.77. The SMILES string of the molecule is CCNC(CCc1ccnn1C)c1cccc(F)c1Cl. The van der Waals surface area contributed by atoms with E-state index in [0.29, 0.717) is 0 Å². The molecule has 0 aliphatic carbocycles. The van der Waals surface area contributed by atoms with Crippen LogP contribution in [0.25, 0.3) is 0 Å². The fourth-order valence-corrected chi connectivity index (χ4v) is 2.60. The first kappa shape index (κ1) is 15.0. The third kappa shape index (κ3) is 3.38. The third-order valence-corrected chi connectivity index (χ3v) is 3.82. The van der Waals surface area contributed by atoms with Gasteiger partial charge in [-0.3, -0.25) is 4.68 Å². The van der Waals surface area contributed by atoms with Gasteiger partial charge in [0.2, 0.25) is 0 Å². The maximum Gasteiger partial charge on any atom is 0.142 e. The van der Waals surface area contributed by atoms with Crippen LogP contribution in [0, 0.1) is 5.82 Å². The van der Waals surface area contributed by atoms with Gasteiger partial charge in [0, 0.05) is 25.0 Å². The van der Waals surface area contributed by atoms with Crippen molar-refractivity contribution in [3.63, 3.8) is 0 Å². The molecule has 1 heterocycles.